The molecule has 0 aliphatic carbocycles. The Labute approximate surface area is 181 Å². The molecule has 7 heteroatoms. The van der Waals surface area contributed by atoms with Gasteiger partial charge >= 0.3 is 6.09 Å². The van der Waals surface area contributed by atoms with Crippen molar-refractivity contribution in [1.82, 2.24) is 4.90 Å². The Kier molecular flexibility index (Phi) is 5.47. The number of nitrogens with one attached hydrogen (secondary N) is 1. The average Bonchev–Trinajstić information content (AvgIpc) is 3.28. The number of carbonyl (C=O) groups excluding carboxylic acids is 2. The SMILES string of the molecule is CC(C)(C)OC(=O)N1C[C@H]2C[C@@H]1[C@H](c1cccc(NC(=O)c3cccc(Cl)c3)c1)O2. The molecule has 6 nitrogen and oxygen atoms in total. The van der Waals surface area contributed by atoms with Crippen molar-refractivity contribution >= 4 is 29.3 Å². The summed E-state index contributed by atoms with van der Waals surface area (Å²) in [5.74, 6) is -0.237. The summed E-state index contributed by atoms with van der Waals surface area (Å²) in [4.78, 5) is 26.9. The lowest BCUT2D eigenvalue weighted by atomic mass is 10.0. The maximum Gasteiger partial charge on any atom is 0.410 e. The number of fused-ring (bicyclic) bond motifs is 2. The second-order valence-corrected chi connectivity index (χ2v) is 9.14. The molecule has 2 heterocycles. The highest BCUT2D eigenvalue weighted by molar-refractivity contribution is 6.31. The van der Waals surface area contributed by atoms with E-state index in [0.717, 1.165) is 12.0 Å². The van der Waals surface area contributed by atoms with Gasteiger partial charge in [-0.3, -0.25) is 9.69 Å². The van der Waals surface area contributed by atoms with Crippen LogP contribution in [0.3, 0.4) is 0 Å². The van der Waals surface area contributed by atoms with Gasteiger partial charge in [-0.25, -0.2) is 4.79 Å². The molecule has 30 heavy (non-hydrogen) atoms. The van der Waals surface area contributed by atoms with Gasteiger partial charge in [-0.15, -0.1) is 0 Å². The number of hydrogen-bond donors (Lipinski definition) is 1. The summed E-state index contributed by atoms with van der Waals surface area (Å²) >= 11 is 5.98. The number of nitrogens with zero attached hydrogens (tertiary/aromatic N) is 1. The number of likely N-dealkylation sites (tertiary alicyclic amines) is 1. The Morgan fingerprint density at radius 3 is 2.63 bits per heavy atom. The average molecular weight is 429 g/mol. The van der Waals surface area contributed by atoms with Crippen molar-refractivity contribution < 1.29 is 19.1 Å². The Morgan fingerprint density at radius 1 is 1.17 bits per heavy atom. The third kappa shape index (κ3) is 4.45. The number of halogens is 1. The van der Waals surface area contributed by atoms with E-state index >= 15 is 0 Å². The van der Waals surface area contributed by atoms with E-state index in [9.17, 15) is 9.59 Å². The third-order valence-electron chi connectivity index (χ3n) is 5.18. The fraction of sp³-hybridized carbons (Fsp3) is 0.391. The number of hydrogen-bond acceptors (Lipinski definition) is 4. The lowest BCUT2D eigenvalue weighted by Crippen LogP contribution is -2.45. The number of anilines is 1. The Morgan fingerprint density at radius 2 is 1.93 bits per heavy atom. The molecule has 4 rings (SSSR count). The molecule has 2 aromatic carbocycles. The number of ether oxygens (including phenoxy) is 2. The van der Waals surface area contributed by atoms with E-state index in [1.54, 1.807) is 29.2 Å². The van der Waals surface area contributed by atoms with Crippen LogP contribution in [0.5, 0.6) is 0 Å². The first-order valence-electron chi connectivity index (χ1n) is 10.0. The van der Waals surface area contributed by atoms with Crippen LogP contribution in [0.4, 0.5) is 10.5 Å². The largest absolute Gasteiger partial charge is 0.444 e. The van der Waals surface area contributed by atoms with E-state index in [1.807, 2.05) is 45.0 Å². The first-order chi connectivity index (χ1) is 14.2. The second kappa shape index (κ2) is 7.93. The second-order valence-electron chi connectivity index (χ2n) is 8.70. The van der Waals surface area contributed by atoms with Crippen LogP contribution in [0.2, 0.25) is 5.02 Å². The topological polar surface area (TPSA) is 67.9 Å². The quantitative estimate of drug-likeness (QED) is 0.743. The molecule has 0 radical (unpaired) electrons. The molecule has 1 N–H and O–H groups in total. The van der Waals surface area contributed by atoms with Crippen LogP contribution in [-0.2, 0) is 9.47 Å². The van der Waals surface area contributed by atoms with E-state index in [1.165, 1.54) is 0 Å². The fourth-order valence-corrected chi connectivity index (χ4v) is 4.16. The third-order valence-corrected chi connectivity index (χ3v) is 5.42. The molecule has 2 aromatic rings. The Hall–Kier alpha value is -2.57. The summed E-state index contributed by atoms with van der Waals surface area (Å²) in [5, 5.41) is 3.41. The minimum absolute atomic E-state index is 0.00257. The zero-order valence-corrected chi connectivity index (χ0v) is 18.0. The van der Waals surface area contributed by atoms with E-state index in [-0.39, 0.29) is 30.3 Å². The van der Waals surface area contributed by atoms with Crippen LogP contribution in [0, 0.1) is 0 Å². The lowest BCUT2D eigenvalue weighted by Gasteiger charge is -2.34. The van der Waals surface area contributed by atoms with Gasteiger partial charge in [-0.2, -0.15) is 0 Å². The summed E-state index contributed by atoms with van der Waals surface area (Å²) in [7, 11) is 0. The summed E-state index contributed by atoms with van der Waals surface area (Å²) in [6.45, 7) is 6.12. The molecule has 3 atom stereocenters. The molecule has 2 aliphatic rings. The van der Waals surface area contributed by atoms with Crippen LogP contribution in [-0.4, -0.2) is 41.2 Å². The maximum absolute atomic E-state index is 12.6. The highest BCUT2D eigenvalue weighted by Gasteiger charge is 2.49. The monoisotopic (exact) mass is 428 g/mol. The van der Waals surface area contributed by atoms with Gasteiger partial charge in [0.05, 0.1) is 18.7 Å². The van der Waals surface area contributed by atoms with E-state index in [2.05, 4.69) is 5.32 Å². The maximum atomic E-state index is 12.6. The number of benzene rings is 2. The molecule has 0 saturated carbocycles. The zero-order valence-electron chi connectivity index (χ0n) is 17.2. The van der Waals surface area contributed by atoms with Crippen molar-refractivity contribution in [1.29, 1.82) is 0 Å². The molecule has 2 amide bonds. The summed E-state index contributed by atoms with van der Waals surface area (Å²) < 4.78 is 11.7. The van der Waals surface area contributed by atoms with Crippen molar-refractivity contribution in [3.8, 4) is 0 Å². The van der Waals surface area contributed by atoms with Crippen LogP contribution in [0.1, 0.15) is 49.2 Å². The van der Waals surface area contributed by atoms with E-state index in [0.29, 0.717) is 22.8 Å². The van der Waals surface area contributed by atoms with Gasteiger partial charge in [-0.05, 0) is 63.1 Å². The molecular weight excluding hydrogens is 404 g/mol. The van der Waals surface area contributed by atoms with Crippen molar-refractivity contribution in [3.05, 3.63) is 64.7 Å². The standard InChI is InChI=1S/C23H25ClN2O4/c1-23(2,3)30-22(28)26-13-18-12-19(26)20(29-18)14-6-5-9-17(11-14)25-21(27)15-7-4-8-16(24)10-15/h4-11,18-20H,12-13H2,1-3H3,(H,25,27)/t18-,19-,20+/m1/s1. The molecule has 2 aliphatic heterocycles. The highest BCUT2D eigenvalue weighted by atomic mass is 35.5. The van der Waals surface area contributed by atoms with Crippen LogP contribution < -0.4 is 5.32 Å². The first kappa shape index (κ1) is 20.7. The molecule has 0 unspecified atom stereocenters. The number of amides is 2. The predicted molar refractivity (Wildman–Crippen MR) is 115 cm³/mol. The molecule has 0 spiro atoms. The molecule has 0 aromatic heterocycles. The van der Waals surface area contributed by atoms with Gasteiger partial charge in [0.15, 0.2) is 0 Å². The number of morpholine rings is 1. The van der Waals surface area contributed by atoms with Crippen molar-refractivity contribution in [3.63, 3.8) is 0 Å². The van der Waals surface area contributed by atoms with Crippen LogP contribution in [0.15, 0.2) is 48.5 Å². The van der Waals surface area contributed by atoms with Crippen LogP contribution >= 0.6 is 11.6 Å². The summed E-state index contributed by atoms with van der Waals surface area (Å²) in [6.07, 6.45) is 0.216. The number of rotatable bonds is 3. The van der Waals surface area contributed by atoms with Gasteiger partial charge in [-0.1, -0.05) is 29.8 Å². The normalized spacial score (nSPS) is 22.8. The minimum atomic E-state index is -0.542. The smallest absolute Gasteiger partial charge is 0.410 e. The molecule has 2 bridgehead atoms. The fourth-order valence-electron chi connectivity index (χ4n) is 3.97. The Balaban J connectivity index is 1.49. The van der Waals surface area contributed by atoms with Gasteiger partial charge in [0.2, 0.25) is 0 Å². The Bertz CT molecular complexity index is 972. The molecule has 2 fully saturated rings. The van der Waals surface area contributed by atoms with Crippen LogP contribution in [0.25, 0.3) is 0 Å². The summed E-state index contributed by atoms with van der Waals surface area (Å²) in [5.41, 5.74) is 1.52. The van der Waals surface area contributed by atoms with Gasteiger partial charge in [0.25, 0.3) is 5.91 Å². The molecule has 2 saturated heterocycles. The molecule has 158 valence electrons. The van der Waals surface area contributed by atoms with Crippen molar-refractivity contribution in [2.45, 2.75) is 51.0 Å². The van der Waals surface area contributed by atoms with Crippen molar-refractivity contribution in [2.75, 3.05) is 11.9 Å². The lowest BCUT2D eigenvalue weighted by molar-refractivity contribution is -0.0467. The number of carbonyl (C=O) groups is 2. The molecular formula is C23H25ClN2O4. The van der Waals surface area contributed by atoms with Gasteiger partial charge in [0, 0.05) is 16.3 Å². The zero-order chi connectivity index (χ0) is 21.5. The highest BCUT2D eigenvalue weighted by Crippen LogP contribution is 2.43. The van der Waals surface area contributed by atoms with Gasteiger partial charge < -0.3 is 14.8 Å². The van der Waals surface area contributed by atoms with Gasteiger partial charge in [0.1, 0.15) is 11.7 Å². The first-order valence-corrected chi connectivity index (χ1v) is 10.4. The minimum Gasteiger partial charge on any atom is -0.444 e. The summed E-state index contributed by atoms with van der Waals surface area (Å²) in [6, 6.07) is 14.3. The van der Waals surface area contributed by atoms with Crippen molar-refractivity contribution in [2.24, 2.45) is 0 Å². The van der Waals surface area contributed by atoms with E-state index < -0.39 is 5.60 Å². The predicted octanol–water partition coefficient (Wildman–Crippen LogP) is 5.04. The van der Waals surface area contributed by atoms with E-state index in [4.69, 9.17) is 21.1 Å².